The average Bonchev–Trinajstić information content (AvgIpc) is 2.44. The van der Waals surface area contributed by atoms with Gasteiger partial charge in [-0.3, -0.25) is 0 Å². The van der Waals surface area contributed by atoms with Gasteiger partial charge in [0, 0.05) is 5.56 Å². The molecule has 4 saturated carbocycles. The van der Waals surface area contributed by atoms with Crippen LogP contribution in [-0.2, 0) is 12.0 Å². The lowest BCUT2D eigenvalue weighted by Gasteiger charge is -2.57. The Morgan fingerprint density at radius 3 is 2.18 bits per heavy atom. The van der Waals surface area contributed by atoms with Crippen molar-refractivity contribution >= 4 is 0 Å². The highest BCUT2D eigenvalue weighted by Gasteiger charge is 2.52. The third kappa shape index (κ3) is 2.36. The zero-order valence-corrected chi connectivity index (χ0v) is 13.8. The molecule has 0 radical (unpaired) electrons. The molecule has 0 spiro atoms. The molecule has 22 heavy (non-hydrogen) atoms. The Morgan fingerprint density at radius 2 is 1.68 bits per heavy atom. The van der Waals surface area contributed by atoms with Gasteiger partial charge >= 0.3 is 0 Å². The highest BCUT2D eigenvalue weighted by atomic mass is 16.5. The van der Waals surface area contributed by atoms with E-state index in [1.807, 2.05) is 0 Å². The molecular weight excluding hydrogens is 272 g/mol. The molecule has 0 atom stereocenters. The third-order valence-corrected chi connectivity index (χ3v) is 6.20. The predicted octanol–water partition coefficient (Wildman–Crippen LogP) is 4.43. The molecule has 1 aromatic carbocycles. The van der Waals surface area contributed by atoms with Gasteiger partial charge in [-0.1, -0.05) is 12.1 Å². The average molecular weight is 300 g/mol. The fourth-order valence-electron chi connectivity index (χ4n) is 5.90. The van der Waals surface area contributed by atoms with Crippen molar-refractivity contribution < 1.29 is 9.84 Å². The van der Waals surface area contributed by atoms with Crippen LogP contribution in [0.5, 0.6) is 5.75 Å². The Labute approximate surface area is 133 Å². The van der Waals surface area contributed by atoms with E-state index in [9.17, 15) is 5.11 Å². The quantitative estimate of drug-likeness (QED) is 0.891. The Hall–Kier alpha value is -1.02. The summed E-state index contributed by atoms with van der Waals surface area (Å²) >= 11 is 0. The van der Waals surface area contributed by atoms with Gasteiger partial charge in [-0.15, -0.1) is 0 Å². The Morgan fingerprint density at radius 1 is 1.09 bits per heavy atom. The number of rotatable bonds is 4. The molecule has 120 valence electrons. The largest absolute Gasteiger partial charge is 0.491 e. The minimum Gasteiger partial charge on any atom is -0.491 e. The Kier molecular flexibility index (Phi) is 3.48. The summed E-state index contributed by atoms with van der Waals surface area (Å²) in [7, 11) is 0. The summed E-state index contributed by atoms with van der Waals surface area (Å²) < 4.78 is 6.17. The summed E-state index contributed by atoms with van der Waals surface area (Å²) in [4.78, 5) is 0. The van der Waals surface area contributed by atoms with E-state index in [1.165, 1.54) is 44.1 Å². The molecule has 2 nitrogen and oxygen atoms in total. The number of ether oxygens (including phenoxy) is 1. The monoisotopic (exact) mass is 300 g/mol. The molecule has 4 aliphatic carbocycles. The smallest absolute Gasteiger partial charge is 0.123 e. The van der Waals surface area contributed by atoms with Crippen molar-refractivity contribution in [3.63, 3.8) is 0 Å². The molecule has 0 unspecified atom stereocenters. The predicted molar refractivity (Wildman–Crippen MR) is 88.0 cm³/mol. The van der Waals surface area contributed by atoms with Crippen molar-refractivity contribution in [3.05, 3.63) is 29.3 Å². The van der Waals surface area contributed by atoms with Crippen LogP contribution >= 0.6 is 0 Å². The molecule has 2 heteroatoms. The van der Waals surface area contributed by atoms with Gasteiger partial charge < -0.3 is 9.84 Å². The van der Waals surface area contributed by atoms with E-state index < -0.39 is 0 Å². The first-order chi connectivity index (χ1) is 10.6. The Balaban J connectivity index is 1.75. The first-order valence-corrected chi connectivity index (χ1v) is 8.99. The van der Waals surface area contributed by atoms with E-state index in [-0.39, 0.29) is 12.7 Å². The van der Waals surface area contributed by atoms with E-state index >= 15 is 0 Å². The fourth-order valence-corrected chi connectivity index (χ4v) is 5.90. The van der Waals surface area contributed by atoms with Gasteiger partial charge in [0.15, 0.2) is 0 Å². The normalized spacial score (nSPS) is 36.1. The summed E-state index contributed by atoms with van der Waals surface area (Å²) in [5.74, 6) is 3.85. The zero-order valence-electron chi connectivity index (χ0n) is 13.8. The van der Waals surface area contributed by atoms with E-state index in [2.05, 4.69) is 32.0 Å². The fraction of sp³-hybridized carbons (Fsp3) is 0.700. The van der Waals surface area contributed by atoms with Crippen LogP contribution in [0.3, 0.4) is 0 Å². The van der Waals surface area contributed by atoms with Crippen LogP contribution in [-0.4, -0.2) is 11.2 Å². The lowest BCUT2D eigenvalue weighted by atomic mass is 9.48. The van der Waals surface area contributed by atoms with Crippen molar-refractivity contribution in [2.24, 2.45) is 17.8 Å². The lowest BCUT2D eigenvalue weighted by molar-refractivity contribution is -0.00673. The summed E-state index contributed by atoms with van der Waals surface area (Å²) in [6.45, 7) is 4.28. The van der Waals surface area contributed by atoms with Crippen LogP contribution in [0, 0.1) is 17.8 Å². The first-order valence-electron chi connectivity index (χ1n) is 8.99. The summed E-state index contributed by atoms with van der Waals surface area (Å²) in [6.07, 6.45) is 8.64. The molecule has 0 heterocycles. The second-order valence-electron chi connectivity index (χ2n) is 8.35. The van der Waals surface area contributed by atoms with Crippen LogP contribution < -0.4 is 4.74 Å². The number of aliphatic hydroxyl groups is 1. The molecule has 1 aromatic rings. The second-order valence-corrected chi connectivity index (χ2v) is 8.35. The van der Waals surface area contributed by atoms with E-state index in [0.29, 0.717) is 5.41 Å². The number of hydrogen-bond donors (Lipinski definition) is 1. The molecule has 4 fully saturated rings. The van der Waals surface area contributed by atoms with E-state index in [1.54, 1.807) is 0 Å². The van der Waals surface area contributed by atoms with Crippen molar-refractivity contribution in [2.75, 3.05) is 0 Å². The maximum absolute atomic E-state index is 9.47. The SMILES string of the molecule is CC(C)Oc1cc(CO)ccc1C12CC3CC(CC(C3)C1)C2. The summed E-state index contributed by atoms with van der Waals surface area (Å²) in [6, 6.07) is 6.44. The lowest BCUT2D eigenvalue weighted by Crippen LogP contribution is -2.48. The van der Waals surface area contributed by atoms with E-state index in [0.717, 1.165) is 29.1 Å². The molecule has 0 amide bonds. The van der Waals surface area contributed by atoms with Crippen LogP contribution in [0.2, 0.25) is 0 Å². The van der Waals surface area contributed by atoms with Gasteiger partial charge in [0.1, 0.15) is 5.75 Å². The molecule has 5 rings (SSSR count). The van der Waals surface area contributed by atoms with Crippen LogP contribution in [0.4, 0.5) is 0 Å². The number of benzene rings is 1. The van der Waals surface area contributed by atoms with Gasteiger partial charge in [0.25, 0.3) is 0 Å². The molecule has 4 bridgehead atoms. The summed E-state index contributed by atoms with van der Waals surface area (Å²) in [5.41, 5.74) is 2.74. The Bertz CT molecular complexity index is 526. The molecule has 0 aliphatic heterocycles. The standard InChI is InChI=1S/C20H28O2/c1-13(2)22-19-8-14(12-21)3-4-18(19)20-9-15-5-16(10-20)7-17(6-15)11-20/h3-4,8,13,15-17,21H,5-7,9-12H2,1-2H3. The van der Waals surface area contributed by atoms with Crippen molar-refractivity contribution in [1.29, 1.82) is 0 Å². The minimum absolute atomic E-state index is 0.0929. The van der Waals surface area contributed by atoms with Gasteiger partial charge in [-0.05, 0) is 87.2 Å². The van der Waals surface area contributed by atoms with E-state index in [4.69, 9.17) is 4.74 Å². The van der Waals surface area contributed by atoms with Crippen LogP contribution in [0.1, 0.15) is 63.5 Å². The zero-order chi connectivity index (χ0) is 15.3. The maximum Gasteiger partial charge on any atom is 0.123 e. The van der Waals surface area contributed by atoms with Crippen molar-refractivity contribution in [3.8, 4) is 5.75 Å². The van der Waals surface area contributed by atoms with Gasteiger partial charge in [-0.2, -0.15) is 0 Å². The third-order valence-electron chi connectivity index (χ3n) is 6.20. The van der Waals surface area contributed by atoms with Crippen LogP contribution in [0.15, 0.2) is 18.2 Å². The minimum atomic E-state index is 0.0929. The maximum atomic E-state index is 9.47. The molecule has 1 N–H and O–H groups in total. The second kappa shape index (κ2) is 5.26. The number of aliphatic hydroxyl groups excluding tert-OH is 1. The molecule has 0 aromatic heterocycles. The highest BCUT2D eigenvalue weighted by molar-refractivity contribution is 5.44. The van der Waals surface area contributed by atoms with Gasteiger partial charge in [0.2, 0.25) is 0 Å². The highest BCUT2D eigenvalue weighted by Crippen LogP contribution is 2.61. The molecule has 0 saturated heterocycles. The summed E-state index contributed by atoms with van der Waals surface area (Å²) in [5, 5.41) is 9.47. The topological polar surface area (TPSA) is 29.5 Å². The van der Waals surface area contributed by atoms with Gasteiger partial charge in [-0.25, -0.2) is 0 Å². The van der Waals surface area contributed by atoms with Gasteiger partial charge in [0.05, 0.1) is 12.7 Å². The molecule has 4 aliphatic rings. The van der Waals surface area contributed by atoms with Crippen LogP contribution in [0.25, 0.3) is 0 Å². The van der Waals surface area contributed by atoms with Crippen molar-refractivity contribution in [2.45, 2.75) is 70.5 Å². The number of hydrogen-bond acceptors (Lipinski definition) is 2. The first kappa shape index (κ1) is 14.6. The van der Waals surface area contributed by atoms with Crippen molar-refractivity contribution in [1.82, 2.24) is 0 Å². The molecular formula is C20H28O2.